The number of carbonyl (C=O) groups is 2. The second-order valence-corrected chi connectivity index (χ2v) is 10.7. The van der Waals surface area contributed by atoms with Gasteiger partial charge < -0.3 is 14.4 Å². The first-order valence-electron chi connectivity index (χ1n) is 12.1. The number of hydroxylamine groups is 1. The Balaban J connectivity index is 1.06. The Morgan fingerprint density at radius 3 is 2.56 bits per heavy atom. The number of piperidine rings is 1. The molecule has 0 aromatic carbocycles. The number of likely N-dealkylation sites (tertiary alicyclic amines) is 1. The van der Waals surface area contributed by atoms with E-state index in [1.54, 1.807) is 4.90 Å². The molecule has 6 fully saturated rings. The van der Waals surface area contributed by atoms with Crippen molar-refractivity contribution in [2.24, 2.45) is 11.8 Å². The van der Waals surface area contributed by atoms with Gasteiger partial charge in [-0.15, -0.1) is 0 Å². The number of amides is 2. The number of hydrogen-bond acceptors (Lipinski definition) is 7. The molecule has 4 saturated heterocycles. The Bertz CT molecular complexity index is 784. The maximum absolute atomic E-state index is 14.2. The van der Waals surface area contributed by atoms with Crippen LogP contribution in [0.3, 0.4) is 0 Å². The quantitative estimate of drug-likeness (QED) is 0.664. The van der Waals surface area contributed by atoms with Crippen molar-refractivity contribution in [1.82, 2.24) is 20.6 Å². The standard InChI is InChI=1S/C22H33FN4O5/c1-21(14-4-8-26(9-5-14)19(28)22(23)6-7-22)24-18(32-25-21)13-2-3-17-16(10-13)27(20(29)31-17)15-11-30-12-15/h13-18,24-25H,2-12H2,1H3. The van der Waals surface area contributed by atoms with Crippen molar-refractivity contribution < 1.29 is 28.3 Å². The van der Waals surface area contributed by atoms with Crippen LogP contribution in [0.1, 0.15) is 51.9 Å². The van der Waals surface area contributed by atoms with Crippen LogP contribution in [0.15, 0.2) is 0 Å². The summed E-state index contributed by atoms with van der Waals surface area (Å²) >= 11 is 0. The molecule has 0 radical (unpaired) electrons. The second-order valence-electron chi connectivity index (χ2n) is 10.7. The number of carbonyl (C=O) groups excluding carboxylic acids is 2. The maximum Gasteiger partial charge on any atom is 0.410 e. The maximum atomic E-state index is 14.2. The normalized spacial score (nSPS) is 41.9. The number of rotatable bonds is 4. The van der Waals surface area contributed by atoms with Crippen molar-refractivity contribution in [2.45, 2.75) is 87.6 Å². The van der Waals surface area contributed by atoms with E-state index in [4.69, 9.17) is 14.3 Å². The van der Waals surface area contributed by atoms with Gasteiger partial charge in [0, 0.05) is 19.0 Å². The summed E-state index contributed by atoms with van der Waals surface area (Å²) in [6, 6.07) is 0.209. The lowest BCUT2D eigenvalue weighted by atomic mass is 9.81. The summed E-state index contributed by atoms with van der Waals surface area (Å²) in [5.41, 5.74) is 1.26. The van der Waals surface area contributed by atoms with Crippen LogP contribution >= 0.6 is 0 Å². The highest BCUT2D eigenvalue weighted by atomic mass is 19.1. The fourth-order valence-electron chi connectivity index (χ4n) is 6.21. The molecule has 6 aliphatic rings. The molecule has 2 saturated carbocycles. The molecular formula is C22H33FN4O5. The van der Waals surface area contributed by atoms with Crippen LogP contribution in [0.25, 0.3) is 0 Å². The Morgan fingerprint density at radius 1 is 1.16 bits per heavy atom. The molecule has 10 heteroatoms. The molecule has 178 valence electrons. The van der Waals surface area contributed by atoms with Crippen molar-refractivity contribution in [1.29, 1.82) is 0 Å². The number of hydrogen-bond donors (Lipinski definition) is 2. The Labute approximate surface area is 187 Å². The molecule has 0 aromatic rings. The fourth-order valence-corrected chi connectivity index (χ4v) is 6.21. The summed E-state index contributed by atoms with van der Waals surface area (Å²) in [6.07, 6.45) is 4.58. The van der Waals surface area contributed by atoms with Crippen molar-refractivity contribution in [3.8, 4) is 0 Å². The minimum absolute atomic E-state index is 0.0350. The van der Waals surface area contributed by atoms with E-state index >= 15 is 0 Å². The van der Waals surface area contributed by atoms with Crippen LogP contribution in [0.2, 0.25) is 0 Å². The van der Waals surface area contributed by atoms with Gasteiger partial charge in [0.25, 0.3) is 5.91 Å². The van der Waals surface area contributed by atoms with E-state index in [-0.39, 0.29) is 48.3 Å². The number of alkyl halides is 1. The van der Waals surface area contributed by atoms with Crippen LogP contribution in [0, 0.1) is 11.8 Å². The summed E-state index contributed by atoms with van der Waals surface area (Å²) in [4.78, 5) is 34.3. The van der Waals surface area contributed by atoms with E-state index in [1.165, 1.54) is 0 Å². The molecule has 4 aliphatic heterocycles. The van der Waals surface area contributed by atoms with E-state index in [0.29, 0.717) is 39.1 Å². The van der Waals surface area contributed by atoms with Gasteiger partial charge in [0.05, 0.1) is 31.0 Å². The Morgan fingerprint density at radius 2 is 1.91 bits per heavy atom. The number of halogens is 1. The van der Waals surface area contributed by atoms with Gasteiger partial charge in [0.1, 0.15) is 12.3 Å². The highest BCUT2D eigenvalue weighted by Gasteiger charge is 2.55. The third-order valence-electron chi connectivity index (χ3n) is 8.57. The summed E-state index contributed by atoms with van der Waals surface area (Å²) in [5, 5.41) is 3.68. The van der Waals surface area contributed by atoms with E-state index in [9.17, 15) is 14.0 Å². The van der Waals surface area contributed by atoms with E-state index < -0.39 is 11.3 Å². The zero-order valence-corrected chi connectivity index (χ0v) is 18.6. The first-order chi connectivity index (χ1) is 15.4. The van der Waals surface area contributed by atoms with Gasteiger partial charge in [0.15, 0.2) is 5.67 Å². The first-order valence-corrected chi connectivity index (χ1v) is 12.1. The van der Waals surface area contributed by atoms with Crippen molar-refractivity contribution in [3.63, 3.8) is 0 Å². The van der Waals surface area contributed by atoms with Crippen LogP contribution in [0.4, 0.5) is 9.18 Å². The highest BCUT2D eigenvalue weighted by molar-refractivity contribution is 5.88. The van der Waals surface area contributed by atoms with E-state index in [1.807, 2.05) is 4.90 Å². The minimum Gasteiger partial charge on any atom is -0.444 e. The molecule has 0 spiro atoms. The monoisotopic (exact) mass is 452 g/mol. The van der Waals surface area contributed by atoms with Crippen LogP contribution in [-0.2, 0) is 19.1 Å². The summed E-state index contributed by atoms with van der Waals surface area (Å²) < 4.78 is 25.1. The lowest BCUT2D eigenvalue weighted by Gasteiger charge is -2.42. The van der Waals surface area contributed by atoms with Gasteiger partial charge in [-0.25, -0.2) is 9.18 Å². The predicted molar refractivity (Wildman–Crippen MR) is 110 cm³/mol. The molecule has 32 heavy (non-hydrogen) atoms. The van der Waals surface area contributed by atoms with E-state index in [0.717, 1.165) is 32.1 Å². The van der Waals surface area contributed by atoms with Crippen LogP contribution < -0.4 is 10.8 Å². The van der Waals surface area contributed by atoms with E-state index in [2.05, 4.69) is 17.7 Å². The number of nitrogens with one attached hydrogen (secondary N) is 2. The fraction of sp³-hybridized carbons (Fsp3) is 0.909. The molecule has 4 heterocycles. The molecule has 0 bridgehead atoms. The average molecular weight is 453 g/mol. The second kappa shape index (κ2) is 7.51. The summed E-state index contributed by atoms with van der Waals surface area (Å²) in [5.74, 6) is 0.225. The minimum atomic E-state index is -1.58. The number of nitrogens with zero attached hydrogens (tertiary/aromatic N) is 2. The van der Waals surface area contributed by atoms with Crippen LogP contribution in [-0.4, -0.2) is 83.9 Å². The van der Waals surface area contributed by atoms with Gasteiger partial charge in [0.2, 0.25) is 0 Å². The van der Waals surface area contributed by atoms with Crippen molar-refractivity contribution in [3.05, 3.63) is 0 Å². The molecular weight excluding hydrogens is 419 g/mol. The van der Waals surface area contributed by atoms with Gasteiger partial charge in [-0.1, -0.05) is 0 Å². The smallest absolute Gasteiger partial charge is 0.410 e. The molecule has 0 aromatic heterocycles. The lowest BCUT2D eigenvalue weighted by Crippen LogP contribution is -2.58. The Kier molecular flexibility index (Phi) is 4.95. The zero-order chi connectivity index (χ0) is 22.1. The molecule has 2 amide bonds. The Hall–Kier alpha value is -1.49. The van der Waals surface area contributed by atoms with Crippen molar-refractivity contribution in [2.75, 3.05) is 26.3 Å². The molecule has 2 aliphatic carbocycles. The van der Waals surface area contributed by atoms with Gasteiger partial charge in [-0.3, -0.25) is 19.8 Å². The van der Waals surface area contributed by atoms with Crippen molar-refractivity contribution >= 4 is 12.0 Å². The third kappa shape index (κ3) is 3.41. The lowest BCUT2D eigenvalue weighted by molar-refractivity contribution is -0.140. The zero-order valence-electron chi connectivity index (χ0n) is 18.6. The summed E-state index contributed by atoms with van der Waals surface area (Å²) in [6.45, 7) is 4.46. The third-order valence-corrected chi connectivity index (χ3v) is 8.57. The number of ether oxygens (including phenoxy) is 2. The van der Waals surface area contributed by atoms with Gasteiger partial charge in [-0.05, 0) is 57.8 Å². The molecule has 2 N–H and O–H groups in total. The molecule has 9 nitrogen and oxygen atoms in total. The van der Waals surface area contributed by atoms with Gasteiger partial charge in [-0.2, -0.15) is 5.48 Å². The first kappa shape index (κ1) is 21.1. The SMILES string of the molecule is CC1(C2CCN(C(=O)C3(F)CC3)CC2)NOC(C2CCC3OC(=O)N(C4COC4)C3C2)N1. The highest BCUT2D eigenvalue weighted by Crippen LogP contribution is 2.43. The number of fused-ring (bicyclic) bond motifs is 1. The average Bonchev–Trinajstić information content (AvgIpc) is 3.26. The topological polar surface area (TPSA) is 92.4 Å². The van der Waals surface area contributed by atoms with Crippen LogP contribution in [0.5, 0.6) is 0 Å². The molecule has 5 unspecified atom stereocenters. The van der Waals surface area contributed by atoms with Gasteiger partial charge >= 0.3 is 6.09 Å². The predicted octanol–water partition coefficient (Wildman–Crippen LogP) is 1.28. The largest absolute Gasteiger partial charge is 0.444 e. The molecule has 5 atom stereocenters. The summed E-state index contributed by atoms with van der Waals surface area (Å²) in [7, 11) is 0. The molecule has 6 rings (SSSR count).